The van der Waals surface area contributed by atoms with Crippen LogP contribution in [-0.2, 0) is 0 Å². The molecule has 0 fully saturated rings. The van der Waals surface area contributed by atoms with E-state index >= 15 is 0 Å². The molecule has 1 aromatic carbocycles. The van der Waals surface area contributed by atoms with E-state index in [0.29, 0.717) is 24.3 Å². The van der Waals surface area contributed by atoms with E-state index in [1.807, 2.05) is 6.92 Å². The molecule has 0 radical (unpaired) electrons. The summed E-state index contributed by atoms with van der Waals surface area (Å²) in [6, 6.07) is 4.91. The van der Waals surface area contributed by atoms with Crippen molar-refractivity contribution in [3.05, 3.63) is 29.6 Å². The van der Waals surface area contributed by atoms with Gasteiger partial charge in [-0.2, -0.15) is 0 Å². The maximum atomic E-state index is 13.9. The summed E-state index contributed by atoms with van der Waals surface area (Å²) in [4.78, 5) is 0. The zero-order chi connectivity index (χ0) is 13.4. The number of halogens is 1. The lowest BCUT2D eigenvalue weighted by Gasteiger charge is -2.15. The summed E-state index contributed by atoms with van der Waals surface area (Å²) in [7, 11) is 0. The molecule has 2 N–H and O–H groups in total. The van der Waals surface area contributed by atoms with Crippen molar-refractivity contribution in [2.75, 3.05) is 19.8 Å². The molecule has 0 aliphatic carbocycles. The summed E-state index contributed by atoms with van der Waals surface area (Å²) in [5, 5.41) is 11.9. The van der Waals surface area contributed by atoms with Gasteiger partial charge < -0.3 is 15.2 Å². The summed E-state index contributed by atoms with van der Waals surface area (Å²) in [5.74, 6) is 0.250. The van der Waals surface area contributed by atoms with Crippen LogP contribution in [0.1, 0.15) is 38.3 Å². The Morgan fingerprint density at radius 1 is 1.44 bits per heavy atom. The molecule has 0 amide bonds. The Morgan fingerprint density at radius 2 is 2.22 bits per heavy atom. The van der Waals surface area contributed by atoms with E-state index in [1.54, 1.807) is 12.1 Å². The summed E-state index contributed by atoms with van der Waals surface area (Å²) < 4.78 is 19.2. The van der Waals surface area contributed by atoms with Crippen molar-refractivity contribution in [3.63, 3.8) is 0 Å². The average molecular weight is 255 g/mol. The van der Waals surface area contributed by atoms with Gasteiger partial charge in [-0.05, 0) is 26.0 Å². The van der Waals surface area contributed by atoms with Crippen molar-refractivity contribution in [3.8, 4) is 5.75 Å². The van der Waals surface area contributed by atoms with Crippen LogP contribution in [0.5, 0.6) is 5.75 Å². The summed E-state index contributed by atoms with van der Waals surface area (Å²) in [6.45, 7) is 5.38. The molecular weight excluding hydrogens is 233 g/mol. The normalized spacial score (nSPS) is 12.4. The van der Waals surface area contributed by atoms with Crippen molar-refractivity contribution in [2.45, 2.75) is 32.7 Å². The first kappa shape index (κ1) is 14.9. The Bertz CT molecular complexity index is 358. The minimum absolute atomic E-state index is 0.00329. The van der Waals surface area contributed by atoms with E-state index < -0.39 is 0 Å². The number of rotatable bonds is 8. The predicted molar refractivity (Wildman–Crippen MR) is 70.3 cm³/mol. The van der Waals surface area contributed by atoms with Gasteiger partial charge in [-0.3, -0.25) is 0 Å². The third-order valence-corrected chi connectivity index (χ3v) is 2.71. The highest BCUT2D eigenvalue weighted by Gasteiger charge is 2.10. The van der Waals surface area contributed by atoms with Gasteiger partial charge in [0.25, 0.3) is 0 Å². The summed E-state index contributed by atoms with van der Waals surface area (Å²) >= 11 is 0. The minimum Gasteiger partial charge on any atom is -0.493 e. The van der Waals surface area contributed by atoms with Gasteiger partial charge in [-0.15, -0.1) is 0 Å². The maximum absolute atomic E-state index is 13.9. The van der Waals surface area contributed by atoms with Gasteiger partial charge in [0.2, 0.25) is 0 Å². The van der Waals surface area contributed by atoms with Crippen molar-refractivity contribution < 1.29 is 14.2 Å². The first-order valence-corrected chi connectivity index (χ1v) is 6.45. The van der Waals surface area contributed by atoms with Crippen LogP contribution in [0.2, 0.25) is 0 Å². The summed E-state index contributed by atoms with van der Waals surface area (Å²) in [6.07, 6.45) is 1.58. The topological polar surface area (TPSA) is 41.5 Å². The highest BCUT2D eigenvalue weighted by molar-refractivity contribution is 5.30. The number of benzene rings is 1. The van der Waals surface area contributed by atoms with Gasteiger partial charge in [0.15, 0.2) is 0 Å². The predicted octanol–water partition coefficient (Wildman–Crippen LogP) is 2.65. The third-order valence-electron chi connectivity index (χ3n) is 2.71. The lowest BCUT2D eigenvalue weighted by atomic mass is 10.1. The molecule has 0 aliphatic heterocycles. The van der Waals surface area contributed by atoms with E-state index in [-0.39, 0.29) is 18.5 Å². The standard InChI is InChI=1S/C14H22FNO2/c1-3-7-16-11(2)13-6-5-12(10-14(13)15)18-9-4-8-17/h5-6,10-11,16-17H,3-4,7-9H2,1-2H3. The largest absolute Gasteiger partial charge is 0.493 e. The smallest absolute Gasteiger partial charge is 0.131 e. The molecule has 1 unspecified atom stereocenters. The summed E-state index contributed by atoms with van der Waals surface area (Å²) in [5.41, 5.74) is 0.651. The van der Waals surface area contributed by atoms with Gasteiger partial charge in [0.05, 0.1) is 6.61 Å². The number of aliphatic hydroxyl groups is 1. The Labute approximate surface area is 108 Å². The van der Waals surface area contributed by atoms with E-state index in [2.05, 4.69) is 12.2 Å². The van der Waals surface area contributed by atoms with Crippen molar-refractivity contribution >= 4 is 0 Å². The molecule has 102 valence electrons. The van der Waals surface area contributed by atoms with Crippen LogP contribution < -0.4 is 10.1 Å². The highest BCUT2D eigenvalue weighted by atomic mass is 19.1. The molecule has 0 bridgehead atoms. The molecule has 0 saturated carbocycles. The fourth-order valence-corrected chi connectivity index (χ4v) is 1.67. The SMILES string of the molecule is CCCNC(C)c1ccc(OCCCO)cc1F. The van der Waals surface area contributed by atoms with Crippen LogP contribution in [0.3, 0.4) is 0 Å². The fraction of sp³-hybridized carbons (Fsp3) is 0.571. The minimum atomic E-state index is -0.257. The Morgan fingerprint density at radius 3 is 2.83 bits per heavy atom. The van der Waals surface area contributed by atoms with Gasteiger partial charge in [0, 0.05) is 30.7 Å². The molecule has 4 heteroatoms. The molecule has 1 atom stereocenters. The van der Waals surface area contributed by atoms with Crippen molar-refractivity contribution in [2.24, 2.45) is 0 Å². The molecule has 0 aliphatic rings. The lowest BCUT2D eigenvalue weighted by Crippen LogP contribution is -2.20. The average Bonchev–Trinajstić information content (AvgIpc) is 2.36. The van der Waals surface area contributed by atoms with Crippen LogP contribution in [0.15, 0.2) is 18.2 Å². The molecule has 0 spiro atoms. The van der Waals surface area contributed by atoms with Crippen LogP contribution >= 0.6 is 0 Å². The molecule has 0 heterocycles. The quantitative estimate of drug-likeness (QED) is 0.702. The van der Waals surface area contributed by atoms with Crippen molar-refractivity contribution in [1.29, 1.82) is 0 Å². The molecule has 3 nitrogen and oxygen atoms in total. The lowest BCUT2D eigenvalue weighted by molar-refractivity contribution is 0.233. The van der Waals surface area contributed by atoms with Gasteiger partial charge in [0.1, 0.15) is 11.6 Å². The van der Waals surface area contributed by atoms with E-state index in [4.69, 9.17) is 9.84 Å². The zero-order valence-electron chi connectivity index (χ0n) is 11.1. The Hall–Kier alpha value is -1.13. The molecule has 1 rings (SSSR count). The molecule has 18 heavy (non-hydrogen) atoms. The van der Waals surface area contributed by atoms with E-state index in [0.717, 1.165) is 13.0 Å². The molecule has 1 aromatic rings. The molecule has 0 saturated heterocycles. The second-order valence-electron chi connectivity index (χ2n) is 4.28. The number of aliphatic hydroxyl groups excluding tert-OH is 1. The van der Waals surface area contributed by atoms with Gasteiger partial charge >= 0.3 is 0 Å². The van der Waals surface area contributed by atoms with Crippen LogP contribution in [0, 0.1) is 5.82 Å². The van der Waals surface area contributed by atoms with E-state index in [9.17, 15) is 4.39 Å². The van der Waals surface area contributed by atoms with E-state index in [1.165, 1.54) is 6.07 Å². The maximum Gasteiger partial charge on any atom is 0.131 e. The fourth-order valence-electron chi connectivity index (χ4n) is 1.67. The third kappa shape index (κ3) is 4.63. The second-order valence-corrected chi connectivity index (χ2v) is 4.28. The first-order valence-electron chi connectivity index (χ1n) is 6.45. The number of hydrogen-bond donors (Lipinski definition) is 2. The Kier molecular flexibility index (Phi) is 6.68. The van der Waals surface area contributed by atoms with Gasteiger partial charge in [-0.25, -0.2) is 4.39 Å². The van der Waals surface area contributed by atoms with Crippen LogP contribution in [0.4, 0.5) is 4.39 Å². The van der Waals surface area contributed by atoms with Crippen molar-refractivity contribution in [1.82, 2.24) is 5.32 Å². The number of nitrogens with one attached hydrogen (secondary N) is 1. The van der Waals surface area contributed by atoms with Gasteiger partial charge in [-0.1, -0.05) is 13.0 Å². The molecular formula is C14H22FNO2. The monoisotopic (exact) mass is 255 g/mol. The zero-order valence-corrected chi connectivity index (χ0v) is 11.1. The second kappa shape index (κ2) is 8.06. The highest BCUT2D eigenvalue weighted by Crippen LogP contribution is 2.22. The van der Waals surface area contributed by atoms with Crippen LogP contribution in [-0.4, -0.2) is 24.9 Å². The first-order chi connectivity index (χ1) is 8.69. The number of ether oxygens (including phenoxy) is 1. The Balaban J connectivity index is 2.61. The van der Waals surface area contributed by atoms with Crippen LogP contribution in [0.25, 0.3) is 0 Å². The number of hydrogen-bond acceptors (Lipinski definition) is 3. The molecule has 0 aromatic heterocycles.